The predicted molar refractivity (Wildman–Crippen MR) is 75.1 cm³/mol. The van der Waals surface area contributed by atoms with Crippen LogP contribution in [0.5, 0.6) is 0 Å². The summed E-state index contributed by atoms with van der Waals surface area (Å²) in [5.41, 5.74) is 1.57. The van der Waals surface area contributed by atoms with Gasteiger partial charge in [-0.25, -0.2) is 0 Å². The third-order valence-electron chi connectivity index (χ3n) is 5.01. The second kappa shape index (κ2) is 5.29. The molecule has 1 spiro atoms. The lowest BCUT2D eigenvalue weighted by molar-refractivity contribution is -0.147. The molecule has 1 saturated heterocycles. The summed E-state index contributed by atoms with van der Waals surface area (Å²) < 4.78 is 11.7. The zero-order valence-corrected chi connectivity index (χ0v) is 12.1. The maximum atomic E-state index is 6.05. The van der Waals surface area contributed by atoms with E-state index < -0.39 is 0 Å². The van der Waals surface area contributed by atoms with Gasteiger partial charge in [0.15, 0.2) is 0 Å². The van der Waals surface area contributed by atoms with Crippen LogP contribution in [0.1, 0.15) is 56.4 Å². The molecule has 1 N–H and O–H groups in total. The minimum Gasteiger partial charge on any atom is -0.469 e. The fraction of sp³-hybridized carbons (Fsp3) is 0.750. The molecule has 1 aromatic heterocycles. The van der Waals surface area contributed by atoms with Crippen LogP contribution >= 0.6 is 0 Å². The summed E-state index contributed by atoms with van der Waals surface area (Å²) in [7, 11) is 2.07. The molecule has 19 heavy (non-hydrogen) atoms. The Kier molecular flexibility index (Phi) is 3.68. The van der Waals surface area contributed by atoms with E-state index in [-0.39, 0.29) is 5.60 Å². The highest BCUT2D eigenvalue weighted by Gasteiger charge is 2.44. The van der Waals surface area contributed by atoms with Gasteiger partial charge in [0.1, 0.15) is 5.76 Å². The van der Waals surface area contributed by atoms with Gasteiger partial charge in [-0.3, -0.25) is 0 Å². The van der Waals surface area contributed by atoms with Crippen LogP contribution in [0.3, 0.4) is 0 Å². The van der Waals surface area contributed by atoms with Crippen molar-refractivity contribution in [1.82, 2.24) is 5.32 Å². The number of ether oxygens (including phenoxy) is 1. The first-order valence-electron chi connectivity index (χ1n) is 7.65. The molecule has 2 heterocycles. The molecule has 2 atom stereocenters. The molecular weight excluding hydrogens is 238 g/mol. The molecule has 3 rings (SSSR count). The van der Waals surface area contributed by atoms with Gasteiger partial charge >= 0.3 is 0 Å². The van der Waals surface area contributed by atoms with E-state index in [9.17, 15) is 0 Å². The van der Waals surface area contributed by atoms with E-state index in [0.717, 1.165) is 25.2 Å². The first kappa shape index (κ1) is 13.2. The number of rotatable bonds is 4. The molecule has 3 nitrogen and oxygen atoms in total. The third kappa shape index (κ3) is 2.34. The molecule has 1 saturated carbocycles. The summed E-state index contributed by atoms with van der Waals surface area (Å²) in [6.45, 7) is 3.08. The Labute approximate surface area is 115 Å². The lowest BCUT2D eigenvalue weighted by Gasteiger charge is -2.48. The highest BCUT2D eigenvalue weighted by atomic mass is 16.5. The van der Waals surface area contributed by atoms with Crippen molar-refractivity contribution in [2.45, 2.75) is 57.1 Å². The SMILES string of the molecule is CCc1occc1C(NC)C1CCOC2(CCC2)C1. The summed E-state index contributed by atoms with van der Waals surface area (Å²) in [6.07, 6.45) is 9.00. The van der Waals surface area contributed by atoms with Gasteiger partial charge in [0, 0.05) is 24.6 Å². The Hall–Kier alpha value is -0.800. The van der Waals surface area contributed by atoms with Crippen LogP contribution < -0.4 is 5.32 Å². The van der Waals surface area contributed by atoms with Crippen LogP contribution in [-0.4, -0.2) is 19.3 Å². The van der Waals surface area contributed by atoms with Crippen molar-refractivity contribution in [2.75, 3.05) is 13.7 Å². The van der Waals surface area contributed by atoms with E-state index in [1.54, 1.807) is 0 Å². The maximum Gasteiger partial charge on any atom is 0.108 e. The first-order valence-corrected chi connectivity index (χ1v) is 7.65. The quantitative estimate of drug-likeness (QED) is 0.903. The van der Waals surface area contributed by atoms with E-state index >= 15 is 0 Å². The molecule has 0 aromatic carbocycles. The van der Waals surface area contributed by atoms with Gasteiger partial charge in [0.05, 0.1) is 11.9 Å². The lowest BCUT2D eigenvalue weighted by Crippen LogP contribution is -2.47. The molecule has 3 heteroatoms. The van der Waals surface area contributed by atoms with Crippen LogP contribution in [-0.2, 0) is 11.2 Å². The molecule has 1 aliphatic heterocycles. The zero-order valence-electron chi connectivity index (χ0n) is 12.1. The largest absolute Gasteiger partial charge is 0.469 e. The molecule has 2 unspecified atom stereocenters. The Morgan fingerprint density at radius 2 is 2.32 bits per heavy atom. The van der Waals surface area contributed by atoms with E-state index in [1.807, 2.05) is 6.26 Å². The van der Waals surface area contributed by atoms with Gasteiger partial charge < -0.3 is 14.5 Å². The van der Waals surface area contributed by atoms with E-state index in [2.05, 4.69) is 25.4 Å². The number of hydrogen-bond acceptors (Lipinski definition) is 3. The van der Waals surface area contributed by atoms with Crippen molar-refractivity contribution >= 4 is 0 Å². The second-order valence-corrected chi connectivity index (χ2v) is 6.06. The molecule has 106 valence electrons. The van der Waals surface area contributed by atoms with Crippen molar-refractivity contribution in [3.8, 4) is 0 Å². The van der Waals surface area contributed by atoms with Gasteiger partial charge in [-0.05, 0) is 51.1 Å². The van der Waals surface area contributed by atoms with Crippen LogP contribution in [0, 0.1) is 5.92 Å². The normalized spacial score (nSPS) is 27.2. The highest BCUT2D eigenvalue weighted by molar-refractivity contribution is 5.23. The minimum absolute atomic E-state index is 0.216. The summed E-state index contributed by atoms with van der Waals surface area (Å²) in [4.78, 5) is 0. The fourth-order valence-electron chi connectivity index (χ4n) is 3.83. The molecule has 1 aliphatic carbocycles. The lowest BCUT2D eigenvalue weighted by atomic mass is 9.69. The van der Waals surface area contributed by atoms with Crippen molar-refractivity contribution < 1.29 is 9.15 Å². The molecule has 0 bridgehead atoms. The number of furan rings is 1. The molecule has 1 aromatic rings. The average molecular weight is 263 g/mol. The van der Waals surface area contributed by atoms with Gasteiger partial charge in [-0.2, -0.15) is 0 Å². The van der Waals surface area contributed by atoms with Gasteiger partial charge in [-0.1, -0.05) is 6.92 Å². The van der Waals surface area contributed by atoms with E-state index in [0.29, 0.717) is 12.0 Å². The molecule has 0 radical (unpaired) electrons. The smallest absolute Gasteiger partial charge is 0.108 e. The van der Waals surface area contributed by atoms with Crippen molar-refractivity contribution in [2.24, 2.45) is 5.92 Å². The zero-order chi connectivity index (χ0) is 13.3. The summed E-state index contributed by atoms with van der Waals surface area (Å²) in [6, 6.07) is 2.55. The fourth-order valence-corrected chi connectivity index (χ4v) is 3.83. The van der Waals surface area contributed by atoms with Crippen LogP contribution in [0.4, 0.5) is 0 Å². The molecular formula is C16H25NO2. The molecule has 2 fully saturated rings. The third-order valence-corrected chi connectivity index (χ3v) is 5.01. The van der Waals surface area contributed by atoms with Crippen molar-refractivity contribution in [3.05, 3.63) is 23.7 Å². The average Bonchev–Trinajstić information content (AvgIpc) is 2.86. The second-order valence-electron chi connectivity index (χ2n) is 6.06. The standard InChI is InChI=1S/C16H25NO2/c1-3-14-13(6-9-18-14)15(17-2)12-5-10-19-16(11-12)7-4-8-16/h6,9,12,15,17H,3-5,7-8,10-11H2,1-2H3. The molecule has 2 aliphatic rings. The molecule has 0 amide bonds. The first-order chi connectivity index (χ1) is 9.28. The maximum absolute atomic E-state index is 6.05. The Bertz CT molecular complexity index is 422. The van der Waals surface area contributed by atoms with Gasteiger partial charge in [0.25, 0.3) is 0 Å². The van der Waals surface area contributed by atoms with Crippen LogP contribution in [0.15, 0.2) is 16.7 Å². The van der Waals surface area contributed by atoms with E-state index in [4.69, 9.17) is 9.15 Å². The van der Waals surface area contributed by atoms with E-state index in [1.165, 1.54) is 31.2 Å². The number of nitrogens with one attached hydrogen (secondary N) is 1. The summed E-state index contributed by atoms with van der Waals surface area (Å²) in [5, 5.41) is 3.52. The van der Waals surface area contributed by atoms with Crippen molar-refractivity contribution in [1.29, 1.82) is 0 Å². The summed E-state index contributed by atoms with van der Waals surface area (Å²) in [5.74, 6) is 1.80. The number of aryl methyl sites for hydroxylation is 1. The Morgan fingerprint density at radius 3 is 2.95 bits per heavy atom. The van der Waals surface area contributed by atoms with Crippen LogP contribution in [0.25, 0.3) is 0 Å². The van der Waals surface area contributed by atoms with Gasteiger partial charge in [0.2, 0.25) is 0 Å². The highest BCUT2D eigenvalue weighted by Crippen LogP contribution is 2.47. The minimum atomic E-state index is 0.216. The Balaban J connectivity index is 1.78. The van der Waals surface area contributed by atoms with Crippen molar-refractivity contribution in [3.63, 3.8) is 0 Å². The number of hydrogen-bond donors (Lipinski definition) is 1. The van der Waals surface area contributed by atoms with Gasteiger partial charge in [-0.15, -0.1) is 0 Å². The summed E-state index contributed by atoms with van der Waals surface area (Å²) >= 11 is 0. The Morgan fingerprint density at radius 1 is 1.47 bits per heavy atom. The monoisotopic (exact) mass is 263 g/mol. The topological polar surface area (TPSA) is 34.4 Å². The predicted octanol–water partition coefficient (Wildman–Crippen LogP) is 3.45. The van der Waals surface area contributed by atoms with Crippen LogP contribution in [0.2, 0.25) is 0 Å².